The van der Waals surface area contributed by atoms with Crippen LogP contribution in [0.2, 0.25) is 0 Å². The van der Waals surface area contributed by atoms with Gasteiger partial charge in [0.15, 0.2) is 0 Å². The van der Waals surface area contributed by atoms with E-state index in [1.54, 1.807) is 12.1 Å². The summed E-state index contributed by atoms with van der Waals surface area (Å²) in [5.74, 6) is 0. The number of rotatable bonds is 1. The second-order valence-corrected chi connectivity index (χ2v) is 5.47. The van der Waals surface area contributed by atoms with Crippen molar-refractivity contribution in [1.82, 2.24) is 0 Å². The molecule has 0 fully saturated rings. The van der Waals surface area contributed by atoms with Crippen LogP contribution in [0.5, 0.6) is 0 Å². The van der Waals surface area contributed by atoms with Gasteiger partial charge >= 0.3 is 0 Å². The highest BCUT2D eigenvalue weighted by Crippen LogP contribution is 2.35. The lowest BCUT2D eigenvalue weighted by atomic mass is 9.95. The SMILES string of the molecule is [O-]N1c2ccccc2C=CC1C1C=Cc2ccccc2N1[O-]. The van der Waals surface area contributed by atoms with Gasteiger partial charge in [-0.1, -0.05) is 60.7 Å². The molecule has 2 heterocycles. The molecule has 0 amide bonds. The van der Waals surface area contributed by atoms with E-state index in [4.69, 9.17) is 0 Å². The number of nitrogens with zero attached hydrogens (tertiary/aromatic N) is 2. The van der Waals surface area contributed by atoms with Crippen LogP contribution in [0.15, 0.2) is 60.7 Å². The molecule has 2 aliphatic heterocycles. The standard InChI is InChI=1S/C18H14N2O2/c21-19-15-7-3-1-5-13(15)9-11-17(19)18-12-10-14-6-2-4-8-16(14)20(18)22/h1-12,17-18H/q-2. The van der Waals surface area contributed by atoms with Gasteiger partial charge in [-0.2, -0.15) is 0 Å². The van der Waals surface area contributed by atoms with E-state index in [1.165, 1.54) is 0 Å². The number of benzene rings is 2. The molecule has 110 valence electrons. The second-order valence-electron chi connectivity index (χ2n) is 5.47. The van der Waals surface area contributed by atoms with E-state index in [2.05, 4.69) is 0 Å². The van der Waals surface area contributed by atoms with Gasteiger partial charge in [-0.25, -0.2) is 0 Å². The molecule has 2 aromatic rings. The van der Waals surface area contributed by atoms with Gasteiger partial charge in [0.1, 0.15) is 0 Å². The van der Waals surface area contributed by atoms with Gasteiger partial charge in [0.2, 0.25) is 0 Å². The monoisotopic (exact) mass is 290 g/mol. The molecule has 0 spiro atoms. The Hall–Kier alpha value is -2.56. The van der Waals surface area contributed by atoms with Crippen LogP contribution in [-0.2, 0) is 0 Å². The molecule has 0 aliphatic carbocycles. The fourth-order valence-corrected chi connectivity index (χ4v) is 3.05. The van der Waals surface area contributed by atoms with Crippen molar-refractivity contribution in [3.05, 3.63) is 82.2 Å². The average Bonchev–Trinajstić information content (AvgIpc) is 2.57. The van der Waals surface area contributed by atoms with Gasteiger partial charge in [-0.05, 0) is 23.3 Å². The maximum absolute atomic E-state index is 12.6. The zero-order chi connectivity index (χ0) is 15.1. The minimum Gasteiger partial charge on any atom is -0.758 e. The number of hydrogen-bond donors (Lipinski definition) is 0. The minimum atomic E-state index is -0.531. The predicted molar refractivity (Wildman–Crippen MR) is 90.2 cm³/mol. The van der Waals surface area contributed by atoms with E-state index < -0.39 is 12.1 Å². The zero-order valence-electron chi connectivity index (χ0n) is 11.8. The van der Waals surface area contributed by atoms with Crippen molar-refractivity contribution in [2.75, 3.05) is 10.1 Å². The molecule has 4 rings (SSSR count). The van der Waals surface area contributed by atoms with Crippen molar-refractivity contribution in [2.45, 2.75) is 12.1 Å². The number of anilines is 2. The van der Waals surface area contributed by atoms with Crippen LogP contribution in [0.3, 0.4) is 0 Å². The molecule has 22 heavy (non-hydrogen) atoms. The highest BCUT2D eigenvalue weighted by molar-refractivity contribution is 5.77. The van der Waals surface area contributed by atoms with E-state index in [0.717, 1.165) is 21.3 Å². The molecule has 0 N–H and O–H groups in total. The Morgan fingerprint density at radius 2 is 1.05 bits per heavy atom. The Balaban J connectivity index is 1.70. The Bertz CT molecular complexity index is 704. The van der Waals surface area contributed by atoms with Gasteiger partial charge in [-0.3, -0.25) is 0 Å². The van der Waals surface area contributed by atoms with Crippen molar-refractivity contribution in [3.8, 4) is 0 Å². The predicted octanol–water partition coefficient (Wildman–Crippen LogP) is 3.79. The normalized spacial score (nSPS) is 22.5. The maximum Gasteiger partial charge on any atom is 0.0601 e. The van der Waals surface area contributed by atoms with Crippen molar-refractivity contribution >= 4 is 23.5 Å². The van der Waals surface area contributed by atoms with Crippen molar-refractivity contribution < 1.29 is 0 Å². The van der Waals surface area contributed by atoms with Crippen LogP contribution >= 0.6 is 0 Å². The lowest BCUT2D eigenvalue weighted by molar-refractivity contribution is 0.657. The third-order valence-electron chi connectivity index (χ3n) is 4.19. The first-order chi connectivity index (χ1) is 10.8. The summed E-state index contributed by atoms with van der Waals surface area (Å²) >= 11 is 0. The molecular formula is C18H14N2O2-2. The summed E-state index contributed by atoms with van der Waals surface area (Å²) in [6.45, 7) is 0. The van der Waals surface area contributed by atoms with Crippen LogP contribution in [0.4, 0.5) is 11.4 Å². The second kappa shape index (κ2) is 5.02. The van der Waals surface area contributed by atoms with Gasteiger partial charge in [-0.15, -0.1) is 0 Å². The third kappa shape index (κ3) is 1.93. The molecule has 2 aromatic carbocycles. The zero-order valence-corrected chi connectivity index (χ0v) is 11.8. The van der Waals surface area contributed by atoms with E-state index in [0.29, 0.717) is 11.4 Å². The fraction of sp³-hybridized carbons (Fsp3) is 0.111. The van der Waals surface area contributed by atoms with Crippen LogP contribution in [0.25, 0.3) is 12.2 Å². The summed E-state index contributed by atoms with van der Waals surface area (Å²) in [4.78, 5) is 0. The molecule has 4 heteroatoms. The highest BCUT2D eigenvalue weighted by Gasteiger charge is 2.26. The lowest BCUT2D eigenvalue weighted by Crippen LogP contribution is -2.48. The summed E-state index contributed by atoms with van der Waals surface area (Å²) in [5, 5.41) is 27.1. The van der Waals surface area contributed by atoms with Crippen molar-refractivity contribution in [2.24, 2.45) is 0 Å². The molecule has 0 saturated carbocycles. The van der Waals surface area contributed by atoms with E-state index in [-0.39, 0.29) is 0 Å². The number of hydroxylamine groups is 2. The van der Waals surface area contributed by atoms with E-state index >= 15 is 0 Å². The minimum absolute atomic E-state index is 0.531. The van der Waals surface area contributed by atoms with Crippen LogP contribution in [-0.4, -0.2) is 12.1 Å². The van der Waals surface area contributed by atoms with Gasteiger partial charge in [0, 0.05) is 11.4 Å². The van der Waals surface area contributed by atoms with Gasteiger partial charge < -0.3 is 20.5 Å². The molecule has 4 nitrogen and oxygen atoms in total. The topological polar surface area (TPSA) is 52.6 Å². The Labute approximate surface area is 128 Å². The quantitative estimate of drug-likeness (QED) is 0.802. The summed E-state index contributed by atoms with van der Waals surface area (Å²) < 4.78 is 0. The number of hydrogen-bond acceptors (Lipinski definition) is 4. The summed E-state index contributed by atoms with van der Waals surface area (Å²) in [6, 6.07) is 13.8. The molecule has 2 atom stereocenters. The Morgan fingerprint density at radius 1 is 0.636 bits per heavy atom. The maximum atomic E-state index is 12.6. The summed E-state index contributed by atoms with van der Waals surface area (Å²) in [5.41, 5.74) is 2.98. The molecule has 2 aliphatic rings. The largest absolute Gasteiger partial charge is 0.758 e. The van der Waals surface area contributed by atoms with Gasteiger partial charge in [0.25, 0.3) is 0 Å². The van der Waals surface area contributed by atoms with Crippen LogP contribution < -0.4 is 10.1 Å². The first-order valence-corrected chi connectivity index (χ1v) is 7.23. The molecular weight excluding hydrogens is 276 g/mol. The molecule has 2 unspecified atom stereocenters. The highest BCUT2D eigenvalue weighted by atomic mass is 16.5. The van der Waals surface area contributed by atoms with Crippen LogP contribution in [0, 0.1) is 10.4 Å². The Morgan fingerprint density at radius 3 is 1.50 bits per heavy atom. The molecule has 0 aromatic heterocycles. The fourth-order valence-electron chi connectivity index (χ4n) is 3.05. The lowest BCUT2D eigenvalue weighted by Gasteiger charge is -2.51. The smallest absolute Gasteiger partial charge is 0.0601 e. The summed E-state index contributed by atoms with van der Waals surface area (Å²) in [7, 11) is 0. The summed E-state index contributed by atoms with van der Waals surface area (Å²) in [6.07, 6.45) is 7.44. The van der Waals surface area contributed by atoms with Crippen molar-refractivity contribution in [1.29, 1.82) is 0 Å². The molecule has 0 radical (unpaired) electrons. The average molecular weight is 290 g/mol. The van der Waals surface area contributed by atoms with Crippen LogP contribution in [0.1, 0.15) is 11.1 Å². The third-order valence-corrected chi connectivity index (χ3v) is 4.19. The first-order valence-electron chi connectivity index (χ1n) is 7.23. The molecule has 0 bridgehead atoms. The van der Waals surface area contributed by atoms with Crippen molar-refractivity contribution in [3.63, 3.8) is 0 Å². The van der Waals surface area contributed by atoms with E-state index in [1.807, 2.05) is 60.7 Å². The Kier molecular flexibility index (Phi) is 2.99. The van der Waals surface area contributed by atoms with E-state index in [9.17, 15) is 10.4 Å². The first kappa shape index (κ1) is 13.1. The van der Waals surface area contributed by atoms with Gasteiger partial charge in [0.05, 0.1) is 12.1 Å². The molecule has 0 saturated heterocycles. The number of fused-ring (bicyclic) bond motifs is 2. The number of para-hydroxylation sites is 2.